The van der Waals surface area contributed by atoms with Crippen LogP contribution in [0.4, 0.5) is 0 Å². The van der Waals surface area contributed by atoms with Gasteiger partial charge in [-0.15, -0.1) is 11.8 Å². The van der Waals surface area contributed by atoms with E-state index in [0.29, 0.717) is 0 Å². The molecule has 0 saturated carbocycles. The van der Waals surface area contributed by atoms with E-state index in [1.807, 2.05) is 18.2 Å². The summed E-state index contributed by atoms with van der Waals surface area (Å²) in [5.41, 5.74) is 0. The minimum absolute atomic E-state index is 0.102. The van der Waals surface area contributed by atoms with Gasteiger partial charge < -0.3 is 0 Å². The lowest BCUT2D eigenvalue weighted by atomic mass is 9.85. The van der Waals surface area contributed by atoms with Gasteiger partial charge >= 0.3 is 0 Å². The first-order valence-corrected chi connectivity index (χ1v) is 5.74. The summed E-state index contributed by atoms with van der Waals surface area (Å²) < 4.78 is 0. The highest BCUT2D eigenvalue weighted by molar-refractivity contribution is 8.01. The van der Waals surface area contributed by atoms with Crippen molar-refractivity contribution in [1.82, 2.24) is 4.90 Å². The summed E-state index contributed by atoms with van der Waals surface area (Å²) in [5.74, 6) is -0.719. The van der Waals surface area contributed by atoms with E-state index in [-0.39, 0.29) is 40.7 Å². The molecular formula is C10H8N2O2S. The Balaban J connectivity index is 1.97. The maximum Gasteiger partial charge on any atom is 0.235 e. The zero-order valence-electron chi connectivity index (χ0n) is 7.79. The van der Waals surface area contributed by atoms with E-state index < -0.39 is 0 Å². The lowest BCUT2D eigenvalue weighted by Crippen LogP contribution is -2.33. The van der Waals surface area contributed by atoms with Crippen LogP contribution in [0.1, 0.15) is 0 Å². The van der Waals surface area contributed by atoms with Gasteiger partial charge in [-0.2, -0.15) is 5.26 Å². The van der Waals surface area contributed by atoms with E-state index in [4.69, 9.17) is 5.26 Å². The van der Waals surface area contributed by atoms with Crippen molar-refractivity contribution in [1.29, 1.82) is 5.26 Å². The fourth-order valence-corrected chi connectivity index (χ4v) is 4.23. The SMILES string of the molecule is N#CCN1C(=O)C2C3C=CC(S3)C2C1=O. The van der Waals surface area contributed by atoms with Crippen molar-refractivity contribution in [3.63, 3.8) is 0 Å². The van der Waals surface area contributed by atoms with Crippen molar-refractivity contribution in [2.24, 2.45) is 11.8 Å². The van der Waals surface area contributed by atoms with Crippen LogP contribution in [0.3, 0.4) is 0 Å². The molecule has 0 aromatic heterocycles. The second-order valence-electron chi connectivity index (χ2n) is 3.92. The highest BCUT2D eigenvalue weighted by atomic mass is 32.2. The molecule has 0 radical (unpaired) electrons. The monoisotopic (exact) mass is 220 g/mol. The van der Waals surface area contributed by atoms with Crippen LogP contribution < -0.4 is 0 Å². The normalized spacial score (nSPS) is 41.1. The summed E-state index contributed by atoms with van der Waals surface area (Å²) in [6.07, 6.45) is 4.02. The third-order valence-electron chi connectivity index (χ3n) is 3.23. The predicted octanol–water partition coefficient (Wildman–Crippen LogP) is 0.165. The molecule has 0 spiro atoms. The van der Waals surface area contributed by atoms with Gasteiger partial charge in [-0.25, -0.2) is 0 Å². The molecule has 4 unspecified atom stereocenters. The molecule has 0 aromatic rings. The first-order valence-electron chi connectivity index (χ1n) is 4.80. The van der Waals surface area contributed by atoms with Crippen molar-refractivity contribution in [2.45, 2.75) is 10.5 Å². The Hall–Kier alpha value is -1.28. The molecule has 0 aliphatic carbocycles. The van der Waals surface area contributed by atoms with Crippen LogP contribution in [0.25, 0.3) is 0 Å². The lowest BCUT2D eigenvalue weighted by molar-refractivity contribution is -0.139. The van der Waals surface area contributed by atoms with Gasteiger partial charge in [-0.1, -0.05) is 12.2 Å². The Kier molecular flexibility index (Phi) is 1.71. The molecule has 2 bridgehead atoms. The summed E-state index contributed by atoms with van der Waals surface area (Å²) in [4.78, 5) is 24.9. The molecule has 5 heteroatoms. The Morgan fingerprint density at radius 2 is 1.80 bits per heavy atom. The molecule has 2 fully saturated rings. The van der Waals surface area contributed by atoms with E-state index in [2.05, 4.69) is 0 Å². The number of fused-ring (bicyclic) bond motifs is 5. The van der Waals surface area contributed by atoms with Crippen LogP contribution in [0.2, 0.25) is 0 Å². The number of thioether (sulfide) groups is 1. The van der Waals surface area contributed by atoms with Crippen LogP contribution >= 0.6 is 11.8 Å². The summed E-state index contributed by atoms with van der Waals surface area (Å²) in [6, 6.07) is 1.87. The largest absolute Gasteiger partial charge is 0.274 e. The molecule has 0 N–H and O–H groups in total. The molecule has 3 aliphatic heterocycles. The minimum Gasteiger partial charge on any atom is -0.274 e. The number of likely N-dealkylation sites (tertiary alicyclic amines) is 1. The first kappa shape index (κ1) is 8.98. The van der Waals surface area contributed by atoms with Gasteiger partial charge in [-0.05, 0) is 0 Å². The molecule has 15 heavy (non-hydrogen) atoms. The summed E-state index contributed by atoms with van der Waals surface area (Å²) >= 11 is 1.69. The van der Waals surface area contributed by atoms with Gasteiger partial charge in [0.05, 0.1) is 17.9 Å². The highest BCUT2D eigenvalue weighted by Gasteiger charge is 2.59. The third-order valence-corrected chi connectivity index (χ3v) is 4.76. The van der Waals surface area contributed by atoms with Crippen molar-refractivity contribution in [3.8, 4) is 6.07 Å². The zero-order valence-corrected chi connectivity index (χ0v) is 8.61. The van der Waals surface area contributed by atoms with Crippen molar-refractivity contribution in [3.05, 3.63) is 12.2 Å². The van der Waals surface area contributed by atoms with Gasteiger partial charge in [0.25, 0.3) is 0 Å². The number of imide groups is 1. The molecule has 76 valence electrons. The number of rotatable bonds is 1. The van der Waals surface area contributed by atoms with Crippen LogP contribution in [0.15, 0.2) is 12.2 Å². The van der Waals surface area contributed by atoms with E-state index in [1.54, 1.807) is 11.8 Å². The number of hydrogen-bond donors (Lipinski definition) is 0. The van der Waals surface area contributed by atoms with Crippen molar-refractivity contribution in [2.75, 3.05) is 6.54 Å². The summed E-state index contributed by atoms with van der Waals surface area (Å²) in [5, 5.41) is 8.86. The van der Waals surface area contributed by atoms with Crippen LogP contribution in [0, 0.1) is 23.2 Å². The van der Waals surface area contributed by atoms with Crippen LogP contribution in [-0.4, -0.2) is 33.8 Å². The van der Waals surface area contributed by atoms with Gasteiger partial charge in [0.2, 0.25) is 11.8 Å². The molecule has 3 aliphatic rings. The first-order chi connectivity index (χ1) is 7.24. The van der Waals surface area contributed by atoms with E-state index >= 15 is 0 Å². The van der Waals surface area contributed by atoms with Gasteiger partial charge in [0.1, 0.15) is 6.54 Å². The molecule has 4 nitrogen and oxygen atoms in total. The topological polar surface area (TPSA) is 61.2 Å². The highest BCUT2D eigenvalue weighted by Crippen LogP contribution is 2.52. The third kappa shape index (κ3) is 0.975. The average Bonchev–Trinajstić information content (AvgIpc) is 2.87. The summed E-state index contributed by atoms with van der Waals surface area (Å²) in [7, 11) is 0. The van der Waals surface area contributed by atoms with Gasteiger partial charge in [0, 0.05) is 10.5 Å². The number of nitriles is 1. The Bertz CT molecular complexity index is 396. The lowest BCUT2D eigenvalue weighted by Gasteiger charge is -2.12. The smallest absolute Gasteiger partial charge is 0.235 e. The zero-order chi connectivity index (χ0) is 10.6. The second-order valence-corrected chi connectivity index (χ2v) is 5.28. The number of nitrogens with zero attached hydrogens (tertiary/aromatic N) is 2. The van der Waals surface area contributed by atoms with Crippen LogP contribution in [-0.2, 0) is 9.59 Å². The van der Waals surface area contributed by atoms with Gasteiger partial charge in [-0.3, -0.25) is 14.5 Å². The Morgan fingerprint density at radius 3 is 2.27 bits per heavy atom. The summed E-state index contributed by atoms with van der Waals surface area (Å²) in [6.45, 7) is -0.102. The number of hydrogen-bond acceptors (Lipinski definition) is 4. The number of carbonyl (C=O) groups excluding carboxylic acids is 2. The fourth-order valence-electron chi connectivity index (χ4n) is 2.59. The van der Waals surface area contributed by atoms with Gasteiger partial charge in [0.15, 0.2) is 0 Å². The fraction of sp³-hybridized carbons (Fsp3) is 0.500. The predicted molar refractivity (Wildman–Crippen MR) is 53.6 cm³/mol. The number of carbonyl (C=O) groups is 2. The molecular weight excluding hydrogens is 212 g/mol. The molecule has 0 aromatic carbocycles. The molecule has 2 amide bonds. The maximum atomic E-state index is 11.9. The average molecular weight is 220 g/mol. The second kappa shape index (κ2) is 2.86. The Morgan fingerprint density at radius 1 is 1.27 bits per heavy atom. The molecule has 3 heterocycles. The van der Waals surface area contributed by atoms with Crippen LogP contribution in [0.5, 0.6) is 0 Å². The van der Waals surface area contributed by atoms with E-state index in [0.717, 1.165) is 4.90 Å². The van der Waals surface area contributed by atoms with E-state index in [9.17, 15) is 9.59 Å². The molecule has 2 saturated heterocycles. The standard InChI is InChI=1S/C10H8N2O2S/c11-3-4-12-9(13)7-5-1-2-6(15-5)8(7)10(12)14/h1-2,5-8H,4H2. The maximum absolute atomic E-state index is 11.9. The minimum atomic E-state index is -0.203. The number of amides is 2. The van der Waals surface area contributed by atoms with E-state index in [1.165, 1.54) is 0 Å². The molecule has 3 rings (SSSR count). The molecule has 4 atom stereocenters. The van der Waals surface area contributed by atoms with Crippen molar-refractivity contribution >= 4 is 23.6 Å². The Labute approximate surface area is 90.9 Å². The van der Waals surface area contributed by atoms with Crippen molar-refractivity contribution < 1.29 is 9.59 Å². The quantitative estimate of drug-likeness (QED) is 0.359.